The molecule has 0 amide bonds. The van der Waals surface area contributed by atoms with Crippen LogP contribution in [0.1, 0.15) is 18.4 Å². The first-order valence-electron chi connectivity index (χ1n) is 5.09. The second-order valence-corrected chi connectivity index (χ2v) is 4.12. The largest absolute Gasteiger partial charge is 0.381 e. The fraction of sp³-hybridized carbons (Fsp3) is 0.500. The van der Waals surface area contributed by atoms with Gasteiger partial charge in [-0.05, 0) is 18.4 Å². The van der Waals surface area contributed by atoms with Gasteiger partial charge in [0.05, 0.1) is 6.10 Å². The summed E-state index contributed by atoms with van der Waals surface area (Å²) in [4.78, 5) is 0. The maximum Gasteiger partial charge on any atom is 0.0589 e. The fourth-order valence-electron chi connectivity index (χ4n) is 2.29. The summed E-state index contributed by atoms with van der Waals surface area (Å²) in [5, 5.41) is 0. The first-order chi connectivity index (χ1) is 6.80. The van der Waals surface area contributed by atoms with Gasteiger partial charge in [0.1, 0.15) is 0 Å². The van der Waals surface area contributed by atoms with E-state index < -0.39 is 0 Å². The zero-order valence-corrected chi connectivity index (χ0v) is 9.80. The quantitative estimate of drug-likeness (QED) is 0.859. The van der Waals surface area contributed by atoms with Gasteiger partial charge in [0, 0.05) is 19.1 Å². The fourth-order valence-corrected chi connectivity index (χ4v) is 2.29. The highest BCUT2D eigenvalue weighted by atomic mass is 35.5. The molecule has 0 radical (unpaired) electrons. The Morgan fingerprint density at radius 2 is 1.93 bits per heavy atom. The summed E-state index contributed by atoms with van der Waals surface area (Å²) in [6, 6.07) is 10.5. The minimum atomic E-state index is 0. The molecule has 0 saturated heterocycles. The molecule has 1 aliphatic rings. The molecule has 15 heavy (non-hydrogen) atoms. The highest BCUT2D eigenvalue weighted by molar-refractivity contribution is 5.85. The topological polar surface area (TPSA) is 35.2 Å². The van der Waals surface area contributed by atoms with Crippen LogP contribution in [-0.4, -0.2) is 19.8 Å². The lowest BCUT2D eigenvalue weighted by atomic mass is 9.63. The first kappa shape index (κ1) is 12.5. The monoisotopic (exact) mass is 227 g/mol. The molecule has 0 atom stereocenters. The van der Waals surface area contributed by atoms with Crippen LogP contribution in [0.25, 0.3) is 0 Å². The van der Waals surface area contributed by atoms with E-state index in [1.807, 2.05) is 6.07 Å². The van der Waals surface area contributed by atoms with Gasteiger partial charge in [0.25, 0.3) is 0 Å². The van der Waals surface area contributed by atoms with Gasteiger partial charge in [-0.3, -0.25) is 0 Å². The Balaban J connectivity index is 0.00000112. The van der Waals surface area contributed by atoms with Crippen LogP contribution >= 0.6 is 12.4 Å². The Morgan fingerprint density at radius 3 is 2.40 bits per heavy atom. The molecule has 0 heterocycles. The summed E-state index contributed by atoms with van der Waals surface area (Å²) < 4.78 is 5.31. The molecule has 0 bridgehead atoms. The number of ether oxygens (including phenoxy) is 1. The van der Waals surface area contributed by atoms with E-state index in [1.165, 1.54) is 5.56 Å². The minimum absolute atomic E-state index is 0. The van der Waals surface area contributed by atoms with Gasteiger partial charge in [0.15, 0.2) is 0 Å². The Hall–Kier alpha value is -0.570. The third-order valence-electron chi connectivity index (χ3n) is 3.35. The molecular weight excluding hydrogens is 210 g/mol. The van der Waals surface area contributed by atoms with Crippen LogP contribution in [-0.2, 0) is 10.2 Å². The lowest BCUT2D eigenvalue weighted by Gasteiger charge is -2.46. The van der Waals surface area contributed by atoms with Crippen molar-refractivity contribution in [2.75, 3.05) is 13.7 Å². The molecule has 0 spiro atoms. The van der Waals surface area contributed by atoms with Crippen molar-refractivity contribution in [1.29, 1.82) is 0 Å². The molecule has 2 rings (SSSR count). The zero-order chi connectivity index (χ0) is 10.0. The number of rotatable bonds is 3. The molecule has 1 saturated carbocycles. The van der Waals surface area contributed by atoms with E-state index >= 15 is 0 Å². The summed E-state index contributed by atoms with van der Waals surface area (Å²) in [6.45, 7) is 0.719. The van der Waals surface area contributed by atoms with Gasteiger partial charge in [-0.1, -0.05) is 30.3 Å². The molecule has 0 aromatic heterocycles. The van der Waals surface area contributed by atoms with Gasteiger partial charge >= 0.3 is 0 Å². The van der Waals surface area contributed by atoms with E-state index in [9.17, 15) is 0 Å². The molecule has 2 nitrogen and oxygen atoms in total. The second kappa shape index (κ2) is 4.97. The summed E-state index contributed by atoms with van der Waals surface area (Å²) in [5.41, 5.74) is 7.40. The average Bonchev–Trinajstić information content (AvgIpc) is 2.19. The van der Waals surface area contributed by atoms with Crippen molar-refractivity contribution < 1.29 is 4.74 Å². The smallest absolute Gasteiger partial charge is 0.0589 e. The predicted molar refractivity (Wildman–Crippen MR) is 64.5 cm³/mol. The van der Waals surface area contributed by atoms with Crippen LogP contribution < -0.4 is 5.73 Å². The number of hydrogen-bond donors (Lipinski definition) is 1. The molecule has 1 aromatic rings. The van der Waals surface area contributed by atoms with E-state index in [2.05, 4.69) is 24.3 Å². The normalized spacial score (nSPS) is 29.1. The number of benzene rings is 1. The van der Waals surface area contributed by atoms with Crippen LogP contribution in [0.5, 0.6) is 0 Å². The molecule has 3 heteroatoms. The van der Waals surface area contributed by atoms with Gasteiger partial charge in [-0.2, -0.15) is 0 Å². The molecule has 84 valence electrons. The average molecular weight is 228 g/mol. The number of hydrogen-bond acceptors (Lipinski definition) is 2. The summed E-state index contributed by atoms with van der Waals surface area (Å²) >= 11 is 0. The van der Waals surface area contributed by atoms with Crippen molar-refractivity contribution in [3.8, 4) is 0 Å². The molecular formula is C12H18ClNO. The lowest BCUT2D eigenvalue weighted by molar-refractivity contribution is -0.0150. The van der Waals surface area contributed by atoms with Crippen molar-refractivity contribution in [2.45, 2.75) is 24.4 Å². The first-order valence-corrected chi connectivity index (χ1v) is 5.09. The van der Waals surface area contributed by atoms with E-state index in [0.29, 0.717) is 6.10 Å². The molecule has 1 aromatic carbocycles. The van der Waals surface area contributed by atoms with E-state index in [1.54, 1.807) is 7.11 Å². The highest BCUT2D eigenvalue weighted by Gasteiger charge is 2.44. The van der Waals surface area contributed by atoms with Gasteiger partial charge in [0.2, 0.25) is 0 Å². The maximum absolute atomic E-state index is 5.86. The Labute approximate surface area is 97.2 Å². The minimum Gasteiger partial charge on any atom is -0.381 e. The van der Waals surface area contributed by atoms with Crippen molar-refractivity contribution in [2.24, 2.45) is 5.73 Å². The third kappa shape index (κ3) is 2.17. The van der Waals surface area contributed by atoms with Crippen molar-refractivity contribution in [1.82, 2.24) is 0 Å². The lowest BCUT2D eigenvalue weighted by Crippen LogP contribution is -2.50. The molecule has 0 aliphatic heterocycles. The summed E-state index contributed by atoms with van der Waals surface area (Å²) in [6.07, 6.45) is 2.52. The van der Waals surface area contributed by atoms with E-state index in [4.69, 9.17) is 10.5 Å². The van der Waals surface area contributed by atoms with Crippen LogP contribution in [0.2, 0.25) is 0 Å². The molecule has 0 unspecified atom stereocenters. The van der Waals surface area contributed by atoms with E-state index in [0.717, 1.165) is 19.4 Å². The van der Waals surface area contributed by atoms with Crippen molar-refractivity contribution in [3.63, 3.8) is 0 Å². The summed E-state index contributed by atoms with van der Waals surface area (Å²) in [7, 11) is 1.77. The van der Waals surface area contributed by atoms with Gasteiger partial charge < -0.3 is 10.5 Å². The number of nitrogens with two attached hydrogens (primary N) is 1. The Kier molecular flexibility index (Phi) is 4.14. The van der Waals surface area contributed by atoms with Crippen LogP contribution in [0.3, 0.4) is 0 Å². The van der Waals surface area contributed by atoms with Crippen LogP contribution in [0.15, 0.2) is 30.3 Å². The Bertz CT molecular complexity index is 296. The van der Waals surface area contributed by atoms with Crippen LogP contribution in [0, 0.1) is 0 Å². The highest BCUT2D eigenvalue weighted by Crippen LogP contribution is 2.44. The van der Waals surface area contributed by atoms with E-state index in [-0.39, 0.29) is 17.8 Å². The summed E-state index contributed by atoms with van der Waals surface area (Å²) in [5.74, 6) is 0. The maximum atomic E-state index is 5.86. The third-order valence-corrected chi connectivity index (χ3v) is 3.35. The Morgan fingerprint density at radius 1 is 1.33 bits per heavy atom. The zero-order valence-electron chi connectivity index (χ0n) is 8.98. The number of methoxy groups -OCH3 is 1. The molecule has 2 N–H and O–H groups in total. The standard InChI is InChI=1S/C12H17NO.ClH/c1-14-11-7-12(8-11,9-13)10-5-3-2-4-6-10;/h2-6,11H,7-9,13H2,1H3;1H. The molecule has 1 aliphatic carbocycles. The van der Waals surface area contributed by atoms with Gasteiger partial charge in [-0.15, -0.1) is 12.4 Å². The van der Waals surface area contributed by atoms with Crippen molar-refractivity contribution in [3.05, 3.63) is 35.9 Å². The SMILES string of the molecule is COC1CC(CN)(c2ccccc2)C1.Cl. The van der Waals surface area contributed by atoms with Crippen molar-refractivity contribution >= 4 is 12.4 Å². The van der Waals surface area contributed by atoms with Gasteiger partial charge in [-0.25, -0.2) is 0 Å². The van der Waals surface area contributed by atoms with Crippen LogP contribution in [0.4, 0.5) is 0 Å². The second-order valence-electron chi connectivity index (χ2n) is 4.12. The number of halogens is 1. The predicted octanol–water partition coefficient (Wildman–Crippen LogP) is 2.11. The molecule has 1 fully saturated rings.